The van der Waals surface area contributed by atoms with Crippen LogP contribution in [0.5, 0.6) is 0 Å². The van der Waals surface area contributed by atoms with E-state index in [9.17, 15) is 4.79 Å². The van der Waals surface area contributed by atoms with E-state index in [4.69, 9.17) is 0 Å². The molecule has 0 unspecified atom stereocenters. The van der Waals surface area contributed by atoms with Crippen LogP contribution in [-0.2, 0) is 11.2 Å². The number of rotatable bonds is 5. The second-order valence-corrected chi connectivity index (χ2v) is 9.55. The standard InChI is InChI=1S/C28H32N2O/c1-28(2,3)30-19-25(23-14-8-5-9-15-23)26(20-30)27(31)29-24-16-10-13-22(18-24)17-21-11-6-4-7-12-21/h4-16,18,25-26H,17,19-20H2,1-3H3,(H,29,31)/t25-,26+/m0/s1. The summed E-state index contributed by atoms with van der Waals surface area (Å²) in [6, 6.07) is 29.1. The summed E-state index contributed by atoms with van der Waals surface area (Å²) in [5, 5.41) is 3.22. The number of anilines is 1. The van der Waals surface area contributed by atoms with Crippen LogP contribution in [-0.4, -0.2) is 29.4 Å². The van der Waals surface area contributed by atoms with Crippen molar-refractivity contribution in [2.24, 2.45) is 5.92 Å². The number of carbonyl (C=O) groups is 1. The number of hydrogen-bond acceptors (Lipinski definition) is 2. The van der Waals surface area contributed by atoms with Crippen LogP contribution in [0.2, 0.25) is 0 Å². The van der Waals surface area contributed by atoms with Gasteiger partial charge in [0, 0.05) is 30.2 Å². The zero-order valence-electron chi connectivity index (χ0n) is 18.7. The second-order valence-electron chi connectivity index (χ2n) is 9.55. The van der Waals surface area contributed by atoms with Crippen molar-refractivity contribution in [3.8, 4) is 0 Å². The van der Waals surface area contributed by atoms with Crippen LogP contribution in [0.1, 0.15) is 43.4 Å². The van der Waals surface area contributed by atoms with E-state index in [1.165, 1.54) is 16.7 Å². The van der Waals surface area contributed by atoms with Gasteiger partial charge >= 0.3 is 0 Å². The maximum absolute atomic E-state index is 13.4. The normalized spacial score (nSPS) is 19.3. The van der Waals surface area contributed by atoms with Crippen molar-refractivity contribution in [2.75, 3.05) is 18.4 Å². The molecule has 3 heteroatoms. The van der Waals surface area contributed by atoms with Gasteiger partial charge in [0.05, 0.1) is 5.92 Å². The van der Waals surface area contributed by atoms with Crippen molar-refractivity contribution in [3.63, 3.8) is 0 Å². The van der Waals surface area contributed by atoms with Gasteiger partial charge in [-0.05, 0) is 56.0 Å². The predicted octanol–water partition coefficient (Wildman–Crippen LogP) is 5.73. The maximum Gasteiger partial charge on any atom is 0.229 e. The van der Waals surface area contributed by atoms with Crippen LogP contribution >= 0.6 is 0 Å². The van der Waals surface area contributed by atoms with E-state index < -0.39 is 0 Å². The molecule has 160 valence electrons. The predicted molar refractivity (Wildman–Crippen MR) is 128 cm³/mol. The van der Waals surface area contributed by atoms with E-state index in [0.717, 1.165) is 25.2 Å². The molecule has 1 saturated heterocycles. The molecule has 2 atom stereocenters. The Morgan fingerprint density at radius 1 is 0.871 bits per heavy atom. The quantitative estimate of drug-likeness (QED) is 0.580. The Labute approximate surface area is 186 Å². The molecular weight excluding hydrogens is 380 g/mol. The molecule has 0 aromatic heterocycles. The van der Waals surface area contributed by atoms with Crippen LogP contribution in [0.15, 0.2) is 84.9 Å². The van der Waals surface area contributed by atoms with Gasteiger partial charge in [-0.25, -0.2) is 0 Å². The minimum Gasteiger partial charge on any atom is -0.326 e. The van der Waals surface area contributed by atoms with Crippen molar-refractivity contribution in [1.29, 1.82) is 0 Å². The van der Waals surface area contributed by atoms with E-state index in [1.807, 2.05) is 24.3 Å². The van der Waals surface area contributed by atoms with Gasteiger partial charge in [-0.1, -0.05) is 72.8 Å². The van der Waals surface area contributed by atoms with E-state index in [-0.39, 0.29) is 23.3 Å². The number of nitrogens with one attached hydrogen (secondary N) is 1. The number of hydrogen-bond donors (Lipinski definition) is 1. The summed E-state index contributed by atoms with van der Waals surface area (Å²) in [6.45, 7) is 8.35. The van der Waals surface area contributed by atoms with Crippen LogP contribution in [0.25, 0.3) is 0 Å². The van der Waals surface area contributed by atoms with Crippen LogP contribution < -0.4 is 5.32 Å². The average Bonchev–Trinajstić information content (AvgIpc) is 3.22. The lowest BCUT2D eigenvalue weighted by molar-refractivity contribution is -0.120. The molecule has 1 aliphatic rings. The smallest absolute Gasteiger partial charge is 0.229 e. The zero-order chi connectivity index (χ0) is 21.8. The molecule has 1 aliphatic heterocycles. The maximum atomic E-state index is 13.4. The van der Waals surface area contributed by atoms with E-state index >= 15 is 0 Å². The number of amides is 1. The van der Waals surface area contributed by atoms with Crippen molar-refractivity contribution in [1.82, 2.24) is 4.90 Å². The summed E-state index contributed by atoms with van der Waals surface area (Å²) in [6.07, 6.45) is 0.860. The molecule has 3 aromatic carbocycles. The lowest BCUT2D eigenvalue weighted by Crippen LogP contribution is -2.40. The molecule has 1 amide bonds. The third-order valence-electron chi connectivity index (χ3n) is 6.28. The molecule has 0 spiro atoms. The van der Waals surface area contributed by atoms with Gasteiger partial charge in [0.25, 0.3) is 0 Å². The summed E-state index contributed by atoms with van der Waals surface area (Å²) in [7, 11) is 0. The molecule has 0 radical (unpaired) electrons. The third kappa shape index (κ3) is 5.23. The van der Waals surface area contributed by atoms with Gasteiger partial charge < -0.3 is 5.32 Å². The van der Waals surface area contributed by atoms with Crippen molar-refractivity contribution in [3.05, 3.63) is 102 Å². The summed E-state index contributed by atoms with van der Waals surface area (Å²) in [5.74, 6) is 0.241. The molecule has 1 N–H and O–H groups in total. The fourth-order valence-corrected chi connectivity index (χ4v) is 4.48. The highest BCUT2D eigenvalue weighted by Gasteiger charge is 2.41. The Kier molecular flexibility index (Phi) is 6.24. The molecule has 4 rings (SSSR count). The van der Waals surface area contributed by atoms with Crippen molar-refractivity contribution >= 4 is 11.6 Å². The Bertz CT molecular complexity index is 1010. The highest BCUT2D eigenvalue weighted by molar-refractivity contribution is 5.93. The van der Waals surface area contributed by atoms with Crippen LogP contribution in [0, 0.1) is 5.92 Å². The lowest BCUT2D eigenvalue weighted by Gasteiger charge is -2.31. The minimum atomic E-state index is -0.0700. The Hall–Kier alpha value is -2.91. The minimum absolute atomic E-state index is 0.0393. The molecule has 0 bridgehead atoms. The summed E-state index contributed by atoms with van der Waals surface area (Å²) in [5.41, 5.74) is 4.63. The lowest BCUT2D eigenvalue weighted by atomic mass is 9.88. The second kappa shape index (κ2) is 9.07. The Balaban J connectivity index is 1.51. The molecular formula is C28H32N2O. The fourth-order valence-electron chi connectivity index (χ4n) is 4.48. The van der Waals surface area contributed by atoms with Gasteiger partial charge in [0.15, 0.2) is 0 Å². The molecule has 3 aromatic rings. The summed E-state index contributed by atoms with van der Waals surface area (Å²) >= 11 is 0. The first-order valence-electron chi connectivity index (χ1n) is 11.1. The average molecular weight is 413 g/mol. The first-order chi connectivity index (χ1) is 14.9. The summed E-state index contributed by atoms with van der Waals surface area (Å²) < 4.78 is 0. The monoisotopic (exact) mass is 412 g/mol. The summed E-state index contributed by atoms with van der Waals surface area (Å²) in [4.78, 5) is 15.8. The first-order valence-corrected chi connectivity index (χ1v) is 11.1. The van der Waals surface area contributed by atoms with Crippen molar-refractivity contribution < 1.29 is 4.79 Å². The fraction of sp³-hybridized carbons (Fsp3) is 0.321. The molecule has 1 fully saturated rings. The highest BCUT2D eigenvalue weighted by Crippen LogP contribution is 2.36. The number of nitrogens with zero attached hydrogens (tertiary/aromatic N) is 1. The first kappa shape index (κ1) is 21.3. The molecule has 0 aliphatic carbocycles. The molecule has 1 heterocycles. The molecule has 31 heavy (non-hydrogen) atoms. The zero-order valence-corrected chi connectivity index (χ0v) is 18.7. The largest absolute Gasteiger partial charge is 0.326 e. The molecule has 3 nitrogen and oxygen atoms in total. The van der Waals surface area contributed by atoms with E-state index in [1.54, 1.807) is 0 Å². The van der Waals surface area contributed by atoms with Crippen LogP contribution in [0.4, 0.5) is 5.69 Å². The number of likely N-dealkylation sites (tertiary alicyclic amines) is 1. The third-order valence-corrected chi connectivity index (χ3v) is 6.28. The number of carbonyl (C=O) groups excluding carboxylic acids is 1. The van der Waals surface area contributed by atoms with Gasteiger partial charge in [-0.3, -0.25) is 9.69 Å². The van der Waals surface area contributed by atoms with Gasteiger partial charge in [-0.2, -0.15) is 0 Å². The van der Waals surface area contributed by atoms with E-state index in [2.05, 4.69) is 91.7 Å². The highest BCUT2D eigenvalue weighted by atomic mass is 16.2. The Morgan fingerprint density at radius 2 is 1.52 bits per heavy atom. The van der Waals surface area contributed by atoms with Gasteiger partial charge in [-0.15, -0.1) is 0 Å². The van der Waals surface area contributed by atoms with Gasteiger partial charge in [0.2, 0.25) is 5.91 Å². The van der Waals surface area contributed by atoms with Crippen molar-refractivity contribution in [2.45, 2.75) is 38.6 Å². The number of benzene rings is 3. The van der Waals surface area contributed by atoms with E-state index in [0.29, 0.717) is 0 Å². The van der Waals surface area contributed by atoms with Crippen LogP contribution in [0.3, 0.4) is 0 Å². The van der Waals surface area contributed by atoms with Gasteiger partial charge in [0.1, 0.15) is 0 Å². The Morgan fingerprint density at radius 3 is 2.19 bits per heavy atom. The molecule has 0 saturated carbocycles. The topological polar surface area (TPSA) is 32.3 Å². The SMILES string of the molecule is CC(C)(C)N1C[C@@H](C(=O)Nc2cccc(Cc3ccccc3)c2)[C@H](c2ccccc2)C1.